The van der Waals surface area contributed by atoms with E-state index in [9.17, 15) is 14.3 Å². The number of esters is 1. The molecule has 1 aliphatic heterocycles. The summed E-state index contributed by atoms with van der Waals surface area (Å²) < 4.78 is 28.2. The first kappa shape index (κ1) is 13.9. The van der Waals surface area contributed by atoms with Gasteiger partial charge >= 0.3 is 5.97 Å². The van der Waals surface area contributed by atoms with Gasteiger partial charge in [0.25, 0.3) is 0 Å². The van der Waals surface area contributed by atoms with Gasteiger partial charge in [-0.1, -0.05) is 18.2 Å². The number of hydrogen-bond acceptors (Lipinski definition) is 5. The number of ether oxygens (including phenoxy) is 3. The number of halogens is 1. The van der Waals surface area contributed by atoms with E-state index in [0.717, 1.165) is 0 Å². The van der Waals surface area contributed by atoms with Crippen LogP contribution in [0.1, 0.15) is 10.4 Å². The van der Waals surface area contributed by atoms with Gasteiger partial charge < -0.3 is 19.3 Å². The first-order chi connectivity index (χ1) is 9.13. The molecule has 19 heavy (non-hydrogen) atoms. The minimum Gasteiger partial charge on any atom is -0.459 e. The molecule has 104 valence electrons. The van der Waals surface area contributed by atoms with Crippen molar-refractivity contribution in [3.05, 3.63) is 35.9 Å². The standard InChI is InChI=1S/C13H15FO5/c1-17-13-10(14)11(15)9(19-13)7-18-12(16)8-5-3-2-4-6-8/h2-6,9-11,13,15H,7H2,1H3/t9-,10-,11+,13-/m1/s1. The maximum Gasteiger partial charge on any atom is 0.338 e. The Labute approximate surface area is 109 Å². The van der Waals surface area contributed by atoms with E-state index < -0.39 is 30.6 Å². The fraction of sp³-hybridized carbons (Fsp3) is 0.462. The number of carbonyl (C=O) groups excluding carboxylic acids is 1. The predicted octanol–water partition coefficient (Wildman–Crippen LogP) is 0.914. The van der Waals surface area contributed by atoms with Crippen LogP contribution in [0.15, 0.2) is 30.3 Å². The molecule has 0 amide bonds. The quantitative estimate of drug-likeness (QED) is 0.824. The monoisotopic (exact) mass is 270 g/mol. The molecule has 4 atom stereocenters. The zero-order chi connectivity index (χ0) is 13.8. The van der Waals surface area contributed by atoms with Crippen LogP contribution in [0.25, 0.3) is 0 Å². The van der Waals surface area contributed by atoms with E-state index in [1.807, 2.05) is 0 Å². The smallest absolute Gasteiger partial charge is 0.338 e. The first-order valence-electron chi connectivity index (χ1n) is 5.86. The van der Waals surface area contributed by atoms with Crippen molar-refractivity contribution in [2.75, 3.05) is 13.7 Å². The zero-order valence-electron chi connectivity index (χ0n) is 10.4. The topological polar surface area (TPSA) is 65.0 Å². The second kappa shape index (κ2) is 6.10. The van der Waals surface area contributed by atoms with Crippen LogP contribution < -0.4 is 0 Å². The van der Waals surface area contributed by atoms with Crippen molar-refractivity contribution in [1.82, 2.24) is 0 Å². The maximum atomic E-state index is 13.4. The fourth-order valence-electron chi connectivity index (χ4n) is 1.83. The summed E-state index contributed by atoms with van der Waals surface area (Å²) in [6, 6.07) is 8.39. The highest BCUT2D eigenvalue weighted by molar-refractivity contribution is 5.89. The highest BCUT2D eigenvalue weighted by atomic mass is 19.1. The van der Waals surface area contributed by atoms with E-state index >= 15 is 0 Å². The third-order valence-electron chi connectivity index (χ3n) is 2.90. The summed E-state index contributed by atoms with van der Waals surface area (Å²) in [5, 5.41) is 9.57. The summed E-state index contributed by atoms with van der Waals surface area (Å²) in [5.74, 6) is -0.548. The van der Waals surface area contributed by atoms with Crippen LogP contribution in [0.5, 0.6) is 0 Å². The molecule has 0 aromatic heterocycles. The lowest BCUT2D eigenvalue weighted by Crippen LogP contribution is -2.32. The van der Waals surface area contributed by atoms with Crippen LogP contribution in [0.2, 0.25) is 0 Å². The molecule has 1 aliphatic rings. The lowest BCUT2D eigenvalue weighted by molar-refractivity contribution is -0.142. The predicted molar refractivity (Wildman–Crippen MR) is 63.3 cm³/mol. The SMILES string of the molecule is CO[C@@H]1O[C@H](COC(=O)c2ccccc2)[C@H](O)[C@H]1F. The number of aliphatic hydroxyl groups excluding tert-OH is 1. The minimum atomic E-state index is -1.65. The molecule has 0 saturated carbocycles. The number of benzene rings is 1. The van der Waals surface area contributed by atoms with Crippen LogP contribution in [0.4, 0.5) is 4.39 Å². The molecule has 0 spiro atoms. The van der Waals surface area contributed by atoms with Gasteiger partial charge in [-0.15, -0.1) is 0 Å². The zero-order valence-corrected chi connectivity index (χ0v) is 10.4. The number of hydrogen-bond donors (Lipinski definition) is 1. The first-order valence-corrected chi connectivity index (χ1v) is 5.86. The Bertz CT molecular complexity index is 424. The van der Waals surface area contributed by atoms with Gasteiger partial charge in [-0.25, -0.2) is 9.18 Å². The number of methoxy groups -OCH3 is 1. The van der Waals surface area contributed by atoms with E-state index in [-0.39, 0.29) is 6.61 Å². The molecule has 0 radical (unpaired) electrons. The number of aliphatic hydroxyl groups is 1. The van der Waals surface area contributed by atoms with Gasteiger partial charge in [-0.05, 0) is 12.1 Å². The van der Waals surface area contributed by atoms with Gasteiger partial charge in [0.2, 0.25) is 0 Å². The Hall–Kier alpha value is -1.50. The van der Waals surface area contributed by atoms with Gasteiger partial charge in [0.15, 0.2) is 12.5 Å². The summed E-state index contributed by atoms with van der Waals surface area (Å²) in [6.07, 6.45) is -5.07. The van der Waals surface area contributed by atoms with E-state index in [2.05, 4.69) is 0 Å². The van der Waals surface area contributed by atoms with E-state index in [1.165, 1.54) is 7.11 Å². The molecule has 1 aromatic rings. The lowest BCUT2D eigenvalue weighted by Gasteiger charge is -2.14. The van der Waals surface area contributed by atoms with E-state index in [1.54, 1.807) is 30.3 Å². The molecule has 1 aromatic carbocycles. The van der Waals surface area contributed by atoms with Crippen molar-refractivity contribution in [2.45, 2.75) is 24.7 Å². The molecule has 1 fully saturated rings. The minimum absolute atomic E-state index is 0.227. The molecular formula is C13H15FO5. The third-order valence-corrected chi connectivity index (χ3v) is 2.90. The van der Waals surface area contributed by atoms with Gasteiger partial charge in [0, 0.05) is 7.11 Å². The van der Waals surface area contributed by atoms with Crippen LogP contribution >= 0.6 is 0 Å². The molecule has 1 heterocycles. The normalized spacial score (nSPS) is 30.3. The largest absolute Gasteiger partial charge is 0.459 e. The second-order valence-electron chi connectivity index (χ2n) is 4.18. The average Bonchev–Trinajstić information content (AvgIpc) is 2.73. The van der Waals surface area contributed by atoms with Gasteiger partial charge in [-0.2, -0.15) is 0 Å². The molecule has 0 bridgehead atoms. The fourth-order valence-corrected chi connectivity index (χ4v) is 1.83. The maximum absolute atomic E-state index is 13.4. The van der Waals surface area contributed by atoms with Crippen molar-refractivity contribution in [3.63, 3.8) is 0 Å². The van der Waals surface area contributed by atoms with Crippen LogP contribution in [0, 0.1) is 0 Å². The van der Waals surface area contributed by atoms with E-state index in [0.29, 0.717) is 5.56 Å². The lowest BCUT2D eigenvalue weighted by atomic mass is 10.1. The molecular weight excluding hydrogens is 255 g/mol. The van der Waals surface area contributed by atoms with Gasteiger partial charge in [0.1, 0.15) is 18.8 Å². The summed E-state index contributed by atoms with van der Waals surface area (Å²) in [7, 11) is 1.28. The Morgan fingerprint density at radius 3 is 2.68 bits per heavy atom. The van der Waals surface area contributed by atoms with Crippen molar-refractivity contribution < 1.29 is 28.5 Å². The van der Waals surface area contributed by atoms with Crippen LogP contribution in [-0.4, -0.2) is 49.5 Å². The second-order valence-corrected chi connectivity index (χ2v) is 4.18. The van der Waals surface area contributed by atoms with Crippen molar-refractivity contribution in [1.29, 1.82) is 0 Å². The van der Waals surface area contributed by atoms with E-state index in [4.69, 9.17) is 14.2 Å². The highest BCUT2D eigenvalue weighted by Crippen LogP contribution is 2.24. The van der Waals surface area contributed by atoms with Crippen LogP contribution in [0.3, 0.4) is 0 Å². The summed E-state index contributed by atoms with van der Waals surface area (Å²) in [4.78, 5) is 11.7. The van der Waals surface area contributed by atoms with Gasteiger partial charge in [0.05, 0.1) is 5.56 Å². The third kappa shape index (κ3) is 3.09. The summed E-state index contributed by atoms with van der Waals surface area (Å²) in [5.41, 5.74) is 0.384. The Balaban J connectivity index is 1.88. The molecule has 1 N–H and O–H groups in total. The molecule has 1 saturated heterocycles. The van der Waals surface area contributed by atoms with Gasteiger partial charge in [-0.3, -0.25) is 0 Å². The Morgan fingerprint density at radius 1 is 1.42 bits per heavy atom. The Morgan fingerprint density at radius 2 is 2.11 bits per heavy atom. The number of alkyl halides is 1. The van der Waals surface area contributed by atoms with Crippen molar-refractivity contribution in [3.8, 4) is 0 Å². The summed E-state index contributed by atoms with van der Waals surface area (Å²) in [6.45, 7) is -0.227. The molecule has 5 nitrogen and oxygen atoms in total. The molecule has 2 rings (SSSR count). The Kier molecular flexibility index (Phi) is 4.47. The molecule has 6 heteroatoms. The van der Waals surface area contributed by atoms with Crippen molar-refractivity contribution in [2.24, 2.45) is 0 Å². The summed E-state index contributed by atoms with van der Waals surface area (Å²) >= 11 is 0. The molecule has 0 unspecified atom stereocenters. The highest BCUT2D eigenvalue weighted by Gasteiger charge is 2.45. The number of carbonyl (C=O) groups is 1. The van der Waals surface area contributed by atoms with Crippen molar-refractivity contribution >= 4 is 5.97 Å². The average molecular weight is 270 g/mol. The van der Waals surface area contributed by atoms with Crippen LogP contribution in [-0.2, 0) is 14.2 Å². The molecule has 0 aliphatic carbocycles. The number of rotatable bonds is 4.